The Morgan fingerprint density at radius 1 is 1.22 bits per heavy atom. The maximum absolute atomic E-state index is 12.9. The number of aromatic nitrogens is 3. The van der Waals surface area contributed by atoms with Crippen LogP contribution in [0.3, 0.4) is 0 Å². The lowest BCUT2D eigenvalue weighted by atomic mass is 10.0. The molecule has 1 aromatic carbocycles. The molecule has 0 radical (unpaired) electrons. The lowest BCUT2D eigenvalue weighted by Crippen LogP contribution is -2.36. The van der Waals surface area contributed by atoms with Crippen LogP contribution in [0.25, 0.3) is 0 Å². The van der Waals surface area contributed by atoms with Gasteiger partial charge in [0.25, 0.3) is 5.91 Å². The summed E-state index contributed by atoms with van der Waals surface area (Å²) in [4.78, 5) is 18.9. The number of benzene rings is 1. The van der Waals surface area contributed by atoms with Crippen LogP contribution in [0.4, 0.5) is 0 Å². The normalized spacial score (nSPS) is 13.1. The van der Waals surface area contributed by atoms with E-state index >= 15 is 0 Å². The van der Waals surface area contributed by atoms with Gasteiger partial charge in [-0.2, -0.15) is 5.10 Å². The van der Waals surface area contributed by atoms with E-state index in [1.165, 1.54) is 7.11 Å². The molecule has 138 valence electrons. The molecule has 0 atom stereocenters. The van der Waals surface area contributed by atoms with Crippen LogP contribution in [0.15, 0.2) is 48.7 Å². The molecule has 0 spiro atoms. The predicted octanol–water partition coefficient (Wildman–Crippen LogP) is 2.59. The molecule has 1 aliphatic rings. The van der Waals surface area contributed by atoms with Crippen molar-refractivity contribution in [2.75, 3.05) is 13.7 Å². The summed E-state index contributed by atoms with van der Waals surface area (Å²) in [5.74, 6) is 1.04. The Morgan fingerprint density at radius 3 is 2.89 bits per heavy atom. The van der Waals surface area contributed by atoms with Crippen molar-refractivity contribution in [2.45, 2.75) is 19.6 Å². The zero-order valence-corrected chi connectivity index (χ0v) is 15.0. The third-order valence-corrected chi connectivity index (χ3v) is 4.62. The van der Waals surface area contributed by atoms with Crippen LogP contribution in [-0.4, -0.2) is 39.6 Å². The van der Waals surface area contributed by atoms with Crippen molar-refractivity contribution in [1.29, 1.82) is 0 Å². The summed E-state index contributed by atoms with van der Waals surface area (Å²) < 4.78 is 11.0. The topological polar surface area (TPSA) is 80.3 Å². The number of pyridine rings is 1. The zero-order chi connectivity index (χ0) is 18.6. The number of fused-ring (bicyclic) bond motifs is 1. The van der Waals surface area contributed by atoms with Gasteiger partial charge in [-0.1, -0.05) is 18.2 Å². The van der Waals surface area contributed by atoms with Gasteiger partial charge in [-0.3, -0.25) is 9.89 Å². The summed E-state index contributed by atoms with van der Waals surface area (Å²) in [5, 5.41) is 7.47. The number of H-pyrrole nitrogens is 1. The van der Waals surface area contributed by atoms with E-state index in [1.807, 2.05) is 30.3 Å². The second-order valence-electron chi connectivity index (χ2n) is 6.27. The van der Waals surface area contributed by atoms with Gasteiger partial charge in [0.2, 0.25) is 5.88 Å². The number of ether oxygens (including phenoxy) is 2. The maximum Gasteiger partial charge on any atom is 0.259 e. The van der Waals surface area contributed by atoms with Crippen LogP contribution in [0.2, 0.25) is 0 Å². The molecule has 0 saturated heterocycles. The lowest BCUT2D eigenvalue weighted by molar-refractivity contribution is 0.0729. The highest BCUT2D eigenvalue weighted by atomic mass is 16.5. The highest BCUT2D eigenvalue weighted by Gasteiger charge is 2.27. The number of carbonyl (C=O) groups is 1. The average Bonchev–Trinajstić information content (AvgIpc) is 3.14. The maximum atomic E-state index is 12.9. The Balaban J connectivity index is 1.51. The molecule has 7 nitrogen and oxygen atoms in total. The van der Waals surface area contributed by atoms with E-state index in [0.717, 1.165) is 29.1 Å². The quantitative estimate of drug-likeness (QED) is 0.753. The lowest BCUT2D eigenvalue weighted by Gasteiger charge is -2.27. The highest BCUT2D eigenvalue weighted by Crippen LogP contribution is 2.25. The first-order chi connectivity index (χ1) is 13.3. The zero-order valence-electron chi connectivity index (χ0n) is 15.0. The molecule has 7 heteroatoms. The van der Waals surface area contributed by atoms with Gasteiger partial charge in [0, 0.05) is 37.0 Å². The minimum Gasteiger partial charge on any atom is -0.487 e. The molecule has 3 aromatic rings. The number of aromatic amines is 1. The molecule has 0 fully saturated rings. The van der Waals surface area contributed by atoms with Crippen molar-refractivity contribution < 1.29 is 14.3 Å². The summed E-state index contributed by atoms with van der Waals surface area (Å²) in [6, 6.07) is 13.1. The van der Waals surface area contributed by atoms with Gasteiger partial charge in [0.05, 0.1) is 7.11 Å². The number of rotatable bonds is 5. The average molecular weight is 364 g/mol. The molecule has 1 aliphatic heterocycles. The number of hydrogen-bond acceptors (Lipinski definition) is 5. The first-order valence-electron chi connectivity index (χ1n) is 8.77. The van der Waals surface area contributed by atoms with E-state index in [1.54, 1.807) is 23.2 Å². The molecular formula is C20H20N4O3. The van der Waals surface area contributed by atoms with E-state index in [9.17, 15) is 4.79 Å². The van der Waals surface area contributed by atoms with Crippen LogP contribution < -0.4 is 9.47 Å². The van der Waals surface area contributed by atoms with Gasteiger partial charge in [-0.15, -0.1) is 0 Å². The first-order valence-corrected chi connectivity index (χ1v) is 8.77. The molecule has 1 N–H and O–H groups in total. The van der Waals surface area contributed by atoms with Crippen molar-refractivity contribution >= 4 is 5.91 Å². The summed E-state index contributed by atoms with van der Waals surface area (Å²) in [6.07, 6.45) is 2.33. The van der Waals surface area contributed by atoms with E-state index in [0.29, 0.717) is 31.1 Å². The number of para-hydroxylation sites is 1. The Kier molecular flexibility index (Phi) is 4.74. The van der Waals surface area contributed by atoms with E-state index in [4.69, 9.17) is 9.47 Å². The summed E-state index contributed by atoms with van der Waals surface area (Å²) in [6.45, 7) is 1.45. The molecule has 2 aromatic heterocycles. The largest absolute Gasteiger partial charge is 0.487 e. The van der Waals surface area contributed by atoms with Crippen molar-refractivity contribution in [1.82, 2.24) is 20.1 Å². The minimum absolute atomic E-state index is 0.0956. The SMILES string of the molecule is COc1ncccc1C(=O)N1CCc2[nH]nc(COc3ccccc3)c2C1. The smallest absolute Gasteiger partial charge is 0.259 e. The second-order valence-corrected chi connectivity index (χ2v) is 6.27. The van der Waals surface area contributed by atoms with Gasteiger partial charge in [-0.05, 0) is 24.3 Å². The molecule has 0 unspecified atom stereocenters. The Morgan fingerprint density at radius 2 is 2.07 bits per heavy atom. The number of hydrogen-bond donors (Lipinski definition) is 1. The minimum atomic E-state index is -0.0956. The number of amides is 1. The monoisotopic (exact) mass is 364 g/mol. The number of carbonyl (C=O) groups excluding carboxylic acids is 1. The van der Waals surface area contributed by atoms with Gasteiger partial charge >= 0.3 is 0 Å². The molecule has 0 saturated carbocycles. The van der Waals surface area contributed by atoms with Gasteiger partial charge in [0.15, 0.2) is 0 Å². The van der Waals surface area contributed by atoms with Crippen LogP contribution in [0, 0.1) is 0 Å². The first kappa shape index (κ1) is 17.1. The molecule has 0 bridgehead atoms. The highest BCUT2D eigenvalue weighted by molar-refractivity contribution is 5.96. The Bertz CT molecular complexity index is 939. The van der Waals surface area contributed by atoms with Crippen LogP contribution in [-0.2, 0) is 19.6 Å². The predicted molar refractivity (Wildman–Crippen MR) is 98.6 cm³/mol. The molecule has 1 amide bonds. The molecular weight excluding hydrogens is 344 g/mol. The number of methoxy groups -OCH3 is 1. The Labute approximate surface area is 156 Å². The summed E-state index contributed by atoms with van der Waals surface area (Å²) in [5.41, 5.74) is 3.37. The van der Waals surface area contributed by atoms with E-state index in [-0.39, 0.29) is 5.91 Å². The molecule has 3 heterocycles. The van der Waals surface area contributed by atoms with Crippen molar-refractivity contribution in [3.8, 4) is 11.6 Å². The van der Waals surface area contributed by atoms with Gasteiger partial charge in [-0.25, -0.2) is 4.98 Å². The van der Waals surface area contributed by atoms with Gasteiger partial charge < -0.3 is 14.4 Å². The second kappa shape index (κ2) is 7.49. The molecule has 0 aliphatic carbocycles. The van der Waals surface area contributed by atoms with Crippen molar-refractivity contribution in [2.24, 2.45) is 0 Å². The summed E-state index contributed by atoms with van der Waals surface area (Å²) >= 11 is 0. The summed E-state index contributed by atoms with van der Waals surface area (Å²) in [7, 11) is 1.52. The Hall–Kier alpha value is -3.35. The van der Waals surface area contributed by atoms with Gasteiger partial charge in [0.1, 0.15) is 23.6 Å². The molecule has 4 rings (SSSR count). The number of nitrogens with zero attached hydrogens (tertiary/aromatic N) is 3. The third-order valence-electron chi connectivity index (χ3n) is 4.62. The fourth-order valence-corrected chi connectivity index (χ4v) is 3.20. The fraction of sp³-hybridized carbons (Fsp3) is 0.250. The van der Waals surface area contributed by atoms with Crippen LogP contribution >= 0.6 is 0 Å². The van der Waals surface area contributed by atoms with Crippen molar-refractivity contribution in [3.63, 3.8) is 0 Å². The third kappa shape index (κ3) is 3.48. The number of nitrogens with one attached hydrogen (secondary N) is 1. The standard InChI is InChI=1S/C20H20N4O3/c1-26-19-15(8-5-10-21-19)20(25)24-11-9-17-16(12-24)18(23-22-17)13-27-14-6-3-2-4-7-14/h2-8,10H,9,11-13H2,1H3,(H,22,23). The van der Waals surface area contributed by atoms with Crippen LogP contribution in [0.1, 0.15) is 27.3 Å². The van der Waals surface area contributed by atoms with Crippen LogP contribution in [0.5, 0.6) is 11.6 Å². The van der Waals surface area contributed by atoms with Crippen molar-refractivity contribution in [3.05, 3.63) is 71.2 Å². The van der Waals surface area contributed by atoms with E-state index < -0.39 is 0 Å². The van der Waals surface area contributed by atoms with E-state index in [2.05, 4.69) is 15.2 Å². The molecule has 27 heavy (non-hydrogen) atoms. The fourth-order valence-electron chi connectivity index (χ4n) is 3.20.